The van der Waals surface area contributed by atoms with E-state index in [9.17, 15) is 10.2 Å². The highest BCUT2D eigenvalue weighted by molar-refractivity contribution is 7.80. The van der Waals surface area contributed by atoms with E-state index in [2.05, 4.69) is 22.7 Å². The zero-order valence-electron chi connectivity index (χ0n) is 9.29. The first-order chi connectivity index (χ1) is 8.58. The van der Waals surface area contributed by atoms with Gasteiger partial charge in [0.05, 0.1) is 6.21 Å². The van der Waals surface area contributed by atoms with Crippen LogP contribution in [-0.2, 0) is 0 Å². The summed E-state index contributed by atoms with van der Waals surface area (Å²) in [4.78, 5) is 0. The van der Waals surface area contributed by atoms with Crippen LogP contribution in [0.15, 0.2) is 35.4 Å². The summed E-state index contributed by atoms with van der Waals surface area (Å²) in [6.07, 6.45) is 1.40. The number of nitrogens with zero attached hydrogens (tertiary/aromatic N) is 1. The van der Waals surface area contributed by atoms with E-state index in [1.807, 2.05) is 0 Å². The summed E-state index contributed by atoms with van der Waals surface area (Å²) in [5.41, 5.74) is 8.12. The summed E-state index contributed by atoms with van der Waals surface area (Å²) in [6.45, 7) is 0. The van der Waals surface area contributed by atoms with Crippen molar-refractivity contribution in [3.05, 3.63) is 35.9 Å². The number of nitrogens with one attached hydrogen (secondary N) is 1. The Hall–Kier alpha value is -2.34. The molecule has 0 heterocycles. The number of nitrogens with two attached hydrogens (primary N) is 1. The second-order valence-electron chi connectivity index (χ2n) is 3.64. The molecular formula is C12H11N3O2S. The van der Waals surface area contributed by atoms with Gasteiger partial charge >= 0.3 is 0 Å². The van der Waals surface area contributed by atoms with Crippen LogP contribution in [0.1, 0.15) is 5.56 Å². The van der Waals surface area contributed by atoms with Gasteiger partial charge in [0.25, 0.3) is 0 Å². The maximum absolute atomic E-state index is 9.80. The van der Waals surface area contributed by atoms with E-state index in [1.54, 1.807) is 30.3 Å². The molecule has 92 valence electrons. The van der Waals surface area contributed by atoms with Gasteiger partial charge in [0.1, 0.15) is 11.5 Å². The summed E-state index contributed by atoms with van der Waals surface area (Å²) in [5, 5.41) is 24.7. The molecule has 0 atom stereocenters. The fourth-order valence-corrected chi connectivity index (χ4v) is 1.67. The van der Waals surface area contributed by atoms with Crippen molar-refractivity contribution in [2.75, 3.05) is 0 Å². The molecule has 0 spiro atoms. The van der Waals surface area contributed by atoms with E-state index in [4.69, 9.17) is 5.73 Å². The fourth-order valence-electron chi connectivity index (χ4n) is 1.62. The zero-order valence-corrected chi connectivity index (χ0v) is 10.1. The summed E-state index contributed by atoms with van der Waals surface area (Å²) in [7, 11) is 0. The Bertz CT molecular complexity index is 635. The van der Waals surface area contributed by atoms with E-state index in [0.29, 0.717) is 10.9 Å². The smallest absolute Gasteiger partial charge is 0.184 e. The van der Waals surface area contributed by atoms with Crippen molar-refractivity contribution in [1.29, 1.82) is 0 Å². The fraction of sp³-hybridized carbons (Fsp3) is 0. The topological polar surface area (TPSA) is 90.9 Å². The maximum atomic E-state index is 9.80. The summed E-state index contributed by atoms with van der Waals surface area (Å²) >= 11 is 4.61. The van der Waals surface area contributed by atoms with Gasteiger partial charge in [0, 0.05) is 5.56 Å². The second-order valence-corrected chi connectivity index (χ2v) is 4.08. The average Bonchev–Trinajstić information content (AvgIpc) is 2.31. The van der Waals surface area contributed by atoms with Gasteiger partial charge in [-0.15, -0.1) is 0 Å². The molecule has 0 bridgehead atoms. The molecule has 5 N–H and O–H groups in total. The van der Waals surface area contributed by atoms with E-state index >= 15 is 0 Å². The molecule has 6 heteroatoms. The van der Waals surface area contributed by atoms with Crippen LogP contribution in [0.5, 0.6) is 11.5 Å². The van der Waals surface area contributed by atoms with Crippen LogP contribution in [0.3, 0.4) is 0 Å². The second kappa shape index (κ2) is 4.89. The number of phenols is 2. The minimum Gasteiger partial charge on any atom is -0.508 e. The molecule has 0 saturated heterocycles. The lowest BCUT2D eigenvalue weighted by Gasteiger charge is -2.05. The summed E-state index contributed by atoms with van der Waals surface area (Å²) < 4.78 is 0. The van der Waals surface area contributed by atoms with Crippen LogP contribution in [0, 0.1) is 0 Å². The Labute approximate surface area is 109 Å². The molecule has 0 aliphatic rings. The highest BCUT2D eigenvalue weighted by Crippen LogP contribution is 2.28. The van der Waals surface area contributed by atoms with E-state index < -0.39 is 0 Å². The van der Waals surface area contributed by atoms with Gasteiger partial charge in [-0.3, -0.25) is 5.43 Å². The molecule has 0 aliphatic carbocycles. The summed E-state index contributed by atoms with van der Waals surface area (Å²) in [6, 6.07) is 8.19. The SMILES string of the molecule is NC(=S)N/N=C/c1c(O)ccc2ccc(O)cc12. The Morgan fingerprint density at radius 1 is 1.28 bits per heavy atom. The van der Waals surface area contributed by atoms with Crippen molar-refractivity contribution in [2.45, 2.75) is 0 Å². The standard InChI is InChI=1S/C12H11N3O2S/c13-12(18)15-14-6-10-9-5-8(16)3-1-7(9)2-4-11(10)17/h1-6,16-17H,(H3,13,15,18)/b14-6+. The Kier molecular flexibility index (Phi) is 3.29. The number of aromatic hydroxyl groups is 2. The number of hydrogen-bond acceptors (Lipinski definition) is 4. The lowest BCUT2D eigenvalue weighted by molar-refractivity contribution is 0.474. The molecule has 0 unspecified atom stereocenters. The highest BCUT2D eigenvalue weighted by atomic mass is 32.1. The first kappa shape index (κ1) is 12.1. The van der Waals surface area contributed by atoms with Crippen molar-refractivity contribution < 1.29 is 10.2 Å². The van der Waals surface area contributed by atoms with Gasteiger partial charge in [-0.05, 0) is 41.2 Å². The van der Waals surface area contributed by atoms with Gasteiger partial charge in [0.15, 0.2) is 5.11 Å². The van der Waals surface area contributed by atoms with E-state index in [-0.39, 0.29) is 16.6 Å². The maximum Gasteiger partial charge on any atom is 0.184 e. The quantitative estimate of drug-likeness (QED) is 0.373. The molecule has 5 nitrogen and oxygen atoms in total. The third-order valence-electron chi connectivity index (χ3n) is 2.39. The van der Waals surface area contributed by atoms with Crippen LogP contribution in [0.2, 0.25) is 0 Å². The molecular weight excluding hydrogens is 250 g/mol. The van der Waals surface area contributed by atoms with Gasteiger partial charge < -0.3 is 15.9 Å². The van der Waals surface area contributed by atoms with Crippen molar-refractivity contribution in [2.24, 2.45) is 10.8 Å². The third-order valence-corrected chi connectivity index (χ3v) is 2.48. The first-order valence-electron chi connectivity index (χ1n) is 5.11. The third kappa shape index (κ3) is 2.49. The molecule has 0 saturated carbocycles. The molecule has 0 aromatic heterocycles. The predicted molar refractivity (Wildman–Crippen MR) is 74.8 cm³/mol. The number of phenolic OH excluding ortho intramolecular Hbond substituents is 2. The van der Waals surface area contributed by atoms with Crippen LogP contribution < -0.4 is 11.2 Å². The molecule has 18 heavy (non-hydrogen) atoms. The minimum absolute atomic E-state index is 0.0359. The van der Waals surface area contributed by atoms with Crippen molar-refractivity contribution >= 4 is 34.3 Å². The van der Waals surface area contributed by atoms with Crippen molar-refractivity contribution in [3.8, 4) is 11.5 Å². The average molecular weight is 261 g/mol. The van der Waals surface area contributed by atoms with Crippen LogP contribution in [0.25, 0.3) is 10.8 Å². The normalized spacial score (nSPS) is 10.9. The number of hydrazone groups is 1. The van der Waals surface area contributed by atoms with Crippen LogP contribution in [0.4, 0.5) is 0 Å². The molecule has 2 rings (SSSR count). The van der Waals surface area contributed by atoms with Gasteiger partial charge in [0.2, 0.25) is 0 Å². The largest absolute Gasteiger partial charge is 0.508 e. The summed E-state index contributed by atoms with van der Waals surface area (Å²) in [5.74, 6) is 0.173. The zero-order chi connectivity index (χ0) is 13.1. The molecule has 0 amide bonds. The van der Waals surface area contributed by atoms with Crippen molar-refractivity contribution in [1.82, 2.24) is 5.43 Å². The lowest BCUT2D eigenvalue weighted by atomic mass is 10.0. The minimum atomic E-state index is 0.0359. The number of rotatable bonds is 2. The Balaban J connectivity index is 2.53. The number of benzene rings is 2. The Morgan fingerprint density at radius 2 is 2.00 bits per heavy atom. The molecule has 0 fully saturated rings. The number of hydrogen-bond donors (Lipinski definition) is 4. The van der Waals surface area contributed by atoms with Crippen LogP contribution >= 0.6 is 12.2 Å². The lowest BCUT2D eigenvalue weighted by Crippen LogP contribution is -2.24. The van der Waals surface area contributed by atoms with Crippen molar-refractivity contribution in [3.63, 3.8) is 0 Å². The van der Waals surface area contributed by atoms with Gasteiger partial charge in [-0.1, -0.05) is 12.1 Å². The highest BCUT2D eigenvalue weighted by Gasteiger charge is 2.05. The predicted octanol–water partition coefficient (Wildman–Crippen LogP) is 1.42. The first-order valence-corrected chi connectivity index (χ1v) is 5.52. The monoisotopic (exact) mass is 261 g/mol. The molecule has 2 aromatic carbocycles. The molecule has 0 radical (unpaired) electrons. The molecule has 0 aliphatic heterocycles. The van der Waals surface area contributed by atoms with Gasteiger partial charge in [-0.2, -0.15) is 5.10 Å². The van der Waals surface area contributed by atoms with Gasteiger partial charge in [-0.25, -0.2) is 0 Å². The van der Waals surface area contributed by atoms with E-state index in [1.165, 1.54) is 6.21 Å². The molecule has 2 aromatic rings. The van der Waals surface area contributed by atoms with E-state index in [0.717, 1.165) is 5.39 Å². The number of thiocarbonyl (C=S) groups is 1. The van der Waals surface area contributed by atoms with Crippen LogP contribution in [-0.4, -0.2) is 21.5 Å². The number of fused-ring (bicyclic) bond motifs is 1. The Morgan fingerprint density at radius 3 is 2.72 bits per heavy atom.